The lowest BCUT2D eigenvalue weighted by atomic mass is 9.89. The lowest BCUT2D eigenvalue weighted by molar-refractivity contribution is -0.327. The molecule has 10 nitrogen and oxygen atoms in total. The minimum Gasteiger partial charge on any atom is -0.461 e. The Morgan fingerprint density at radius 2 is 1.75 bits per heavy atom. The van der Waals surface area contributed by atoms with Crippen LogP contribution in [0.3, 0.4) is 0 Å². The number of nitrogens with zero attached hydrogens (tertiary/aromatic N) is 3. The van der Waals surface area contributed by atoms with Crippen molar-refractivity contribution >= 4 is 21.9 Å². The van der Waals surface area contributed by atoms with Crippen molar-refractivity contribution in [2.45, 2.75) is 69.4 Å². The zero-order chi connectivity index (χ0) is 33.9. The van der Waals surface area contributed by atoms with E-state index in [4.69, 9.17) is 28.4 Å². The molecule has 0 aliphatic carbocycles. The van der Waals surface area contributed by atoms with E-state index in [0.717, 1.165) is 27.7 Å². The van der Waals surface area contributed by atoms with Gasteiger partial charge in [0.15, 0.2) is 29.8 Å². The van der Waals surface area contributed by atoms with Gasteiger partial charge in [0.1, 0.15) is 36.2 Å². The van der Waals surface area contributed by atoms with Crippen molar-refractivity contribution in [3.8, 4) is 11.3 Å². The van der Waals surface area contributed by atoms with Crippen LogP contribution in [0, 0.1) is 17.5 Å². The average Bonchev–Trinajstić information content (AvgIpc) is 3.57. The van der Waals surface area contributed by atoms with Crippen molar-refractivity contribution in [3.63, 3.8) is 0 Å². The highest BCUT2D eigenvalue weighted by atomic mass is 79.9. The third-order valence-electron chi connectivity index (χ3n) is 8.05. The van der Waals surface area contributed by atoms with Crippen molar-refractivity contribution in [1.82, 2.24) is 15.0 Å². The van der Waals surface area contributed by atoms with Gasteiger partial charge < -0.3 is 28.4 Å². The molecule has 0 radical (unpaired) electrons. The van der Waals surface area contributed by atoms with Crippen LogP contribution >= 0.6 is 15.9 Å². The van der Waals surface area contributed by atoms with Gasteiger partial charge in [-0.2, -0.15) is 0 Å². The van der Waals surface area contributed by atoms with Gasteiger partial charge in [-0.1, -0.05) is 63.6 Å². The first kappa shape index (κ1) is 34.2. The Hall–Kier alpha value is -3.66. The van der Waals surface area contributed by atoms with E-state index in [9.17, 15) is 18.0 Å². The second-order valence-electron chi connectivity index (χ2n) is 11.7. The van der Waals surface area contributed by atoms with Crippen LogP contribution in [0.25, 0.3) is 11.3 Å². The summed E-state index contributed by atoms with van der Waals surface area (Å²) in [5.41, 5.74) is 1.60. The number of aromatic nitrogens is 3. The molecule has 0 amide bonds. The molecule has 1 aromatic heterocycles. The van der Waals surface area contributed by atoms with Gasteiger partial charge >= 0.3 is 5.97 Å². The summed E-state index contributed by atoms with van der Waals surface area (Å²) in [5.74, 6) is -4.99. The molecule has 0 N–H and O–H groups in total. The van der Waals surface area contributed by atoms with E-state index >= 15 is 0 Å². The zero-order valence-electron chi connectivity index (χ0n) is 26.2. The molecule has 2 fully saturated rings. The highest BCUT2D eigenvalue weighted by Gasteiger charge is 2.55. The summed E-state index contributed by atoms with van der Waals surface area (Å²) in [4.78, 5) is 13.6. The van der Waals surface area contributed by atoms with Crippen molar-refractivity contribution < 1.29 is 46.4 Å². The van der Waals surface area contributed by atoms with Gasteiger partial charge in [-0.05, 0) is 43.7 Å². The molecule has 2 saturated heterocycles. The zero-order valence-corrected chi connectivity index (χ0v) is 27.8. The molecule has 3 unspecified atom stereocenters. The Balaban J connectivity index is 1.38. The maximum atomic E-state index is 14.1. The summed E-state index contributed by atoms with van der Waals surface area (Å²) in [6.07, 6.45) is -4.57. The van der Waals surface area contributed by atoms with Gasteiger partial charge in [-0.15, -0.1) is 5.10 Å². The van der Waals surface area contributed by atoms with Gasteiger partial charge in [-0.25, -0.2) is 22.6 Å². The summed E-state index contributed by atoms with van der Waals surface area (Å²) in [6.45, 7) is 3.58. The number of hydrogen-bond acceptors (Lipinski definition) is 9. The number of methoxy groups -OCH3 is 1. The minimum atomic E-state index is -1.59. The fourth-order valence-electron chi connectivity index (χ4n) is 5.85. The second-order valence-corrected chi connectivity index (χ2v) is 12.6. The van der Waals surface area contributed by atoms with Crippen LogP contribution in [-0.4, -0.2) is 71.3 Å². The van der Waals surface area contributed by atoms with Gasteiger partial charge in [0, 0.05) is 22.7 Å². The van der Waals surface area contributed by atoms with Crippen LogP contribution in [0.15, 0.2) is 77.4 Å². The molecule has 0 spiro atoms. The van der Waals surface area contributed by atoms with Crippen molar-refractivity contribution in [3.05, 3.63) is 106 Å². The first-order valence-electron chi connectivity index (χ1n) is 15.3. The molecule has 2 aliphatic heterocycles. The third-order valence-corrected chi connectivity index (χ3v) is 8.58. The molecule has 2 aliphatic rings. The predicted octanol–water partition coefficient (Wildman–Crippen LogP) is 6.10. The van der Waals surface area contributed by atoms with E-state index in [2.05, 4.69) is 26.2 Å². The largest absolute Gasteiger partial charge is 0.461 e. The highest BCUT2D eigenvalue weighted by Crippen LogP contribution is 2.42. The first-order chi connectivity index (χ1) is 23.1. The van der Waals surface area contributed by atoms with Crippen LogP contribution in [0.1, 0.15) is 37.3 Å². The monoisotopic (exact) mass is 731 g/mol. The Bertz CT molecular complexity index is 1690. The van der Waals surface area contributed by atoms with Crippen LogP contribution in [0.4, 0.5) is 13.2 Å². The molecule has 14 heteroatoms. The topological polar surface area (TPSA) is 103 Å². The molecule has 254 valence electrons. The normalized spacial score (nSPS) is 24.7. The molecule has 48 heavy (non-hydrogen) atoms. The van der Waals surface area contributed by atoms with Crippen molar-refractivity contribution in [2.24, 2.45) is 0 Å². The quantitative estimate of drug-likeness (QED) is 0.141. The summed E-state index contributed by atoms with van der Waals surface area (Å²) >= 11 is 3.42. The van der Waals surface area contributed by atoms with Gasteiger partial charge in [0.05, 0.1) is 25.5 Å². The first-order valence-corrected chi connectivity index (χ1v) is 16.1. The summed E-state index contributed by atoms with van der Waals surface area (Å²) < 4.78 is 81.3. The molecule has 6 rings (SSSR count). The minimum absolute atomic E-state index is 0.0296. The highest BCUT2D eigenvalue weighted by molar-refractivity contribution is 9.10. The van der Waals surface area contributed by atoms with Crippen LogP contribution in [0.5, 0.6) is 0 Å². The summed E-state index contributed by atoms with van der Waals surface area (Å²) in [7, 11) is 1.45. The van der Waals surface area contributed by atoms with Gasteiger partial charge in [-0.3, -0.25) is 0 Å². The lowest BCUT2D eigenvalue weighted by Gasteiger charge is -2.50. The van der Waals surface area contributed by atoms with Gasteiger partial charge in [0.2, 0.25) is 0 Å². The van der Waals surface area contributed by atoms with E-state index in [1.165, 1.54) is 18.0 Å². The number of esters is 1. The number of ether oxygens (including phenoxy) is 6. The number of carbonyl (C=O) groups is 1. The Morgan fingerprint density at radius 1 is 1.04 bits per heavy atom. The molecule has 3 aromatic carbocycles. The second kappa shape index (κ2) is 14.8. The standard InChI is InChI=1S/C34H33BrF3N3O7/c1-18(2)46-33(42)32(44-16-19-9-11-22(35)12-10-19)31-30(43-3)28(29-26(47-31)17-45-34(48-29)20-7-5-4-6-8-20)41-15-25(39-40-41)21-13-23(36)27(38)24(37)14-21/h4-15,18,26,28-32,34H,16-17H2,1-3H3/t26?,28-,29-,30?,31+,32-,34?/m0/s1. The van der Waals surface area contributed by atoms with Crippen LogP contribution < -0.4 is 0 Å². The molecular formula is C34H33BrF3N3O7. The molecule has 7 atom stereocenters. The SMILES string of the molecule is COC1[C@H]([C@H](OCc2ccc(Br)cc2)C(=O)OC(C)C)OC2COC(c3ccccc3)O[C@@H]2[C@@H]1n1cc(-c2cc(F)c(F)c(F)c2)nn1. The molecule has 0 bridgehead atoms. The maximum Gasteiger partial charge on any atom is 0.338 e. The predicted molar refractivity (Wildman–Crippen MR) is 168 cm³/mol. The van der Waals surface area contributed by atoms with E-state index in [1.807, 2.05) is 54.6 Å². The maximum absolute atomic E-state index is 14.1. The van der Waals surface area contributed by atoms with E-state index in [1.54, 1.807) is 13.8 Å². The fourth-order valence-corrected chi connectivity index (χ4v) is 6.11. The van der Waals surface area contributed by atoms with Crippen molar-refractivity contribution in [1.29, 1.82) is 0 Å². The lowest BCUT2D eigenvalue weighted by Crippen LogP contribution is -2.63. The fraction of sp³-hybridized carbons (Fsp3) is 0.382. The summed E-state index contributed by atoms with van der Waals surface area (Å²) in [6, 6.07) is 17.6. The van der Waals surface area contributed by atoms with E-state index in [0.29, 0.717) is 0 Å². The van der Waals surface area contributed by atoms with E-state index < -0.39 is 72.4 Å². The number of benzene rings is 3. The Morgan fingerprint density at radius 3 is 2.42 bits per heavy atom. The Kier molecular flexibility index (Phi) is 10.6. The smallest absolute Gasteiger partial charge is 0.338 e. The molecular weight excluding hydrogens is 699 g/mol. The van der Waals surface area contributed by atoms with Gasteiger partial charge in [0.25, 0.3) is 0 Å². The number of hydrogen-bond donors (Lipinski definition) is 0. The number of fused-ring (bicyclic) bond motifs is 1. The Labute approximate surface area is 283 Å². The van der Waals surface area contributed by atoms with Crippen LogP contribution in [-0.2, 0) is 39.8 Å². The third kappa shape index (κ3) is 7.33. The number of rotatable bonds is 10. The van der Waals surface area contributed by atoms with Crippen LogP contribution in [0.2, 0.25) is 0 Å². The summed E-state index contributed by atoms with van der Waals surface area (Å²) in [5, 5.41) is 8.42. The molecule has 3 heterocycles. The number of halogens is 4. The molecule has 4 aromatic rings. The number of carbonyl (C=O) groups excluding carboxylic acids is 1. The van der Waals surface area contributed by atoms with Crippen molar-refractivity contribution in [2.75, 3.05) is 13.7 Å². The average molecular weight is 733 g/mol. The van der Waals surface area contributed by atoms with E-state index in [-0.39, 0.29) is 24.5 Å². The molecule has 0 saturated carbocycles.